The molecular formula is C18H17ClN2O4S. The first-order valence-electron chi connectivity index (χ1n) is 7.75. The van der Waals surface area contributed by atoms with Crippen molar-refractivity contribution in [2.75, 3.05) is 26.0 Å². The van der Waals surface area contributed by atoms with E-state index in [-0.39, 0.29) is 17.2 Å². The van der Waals surface area contributed by atoms with Crippen molar-refractivity contribution in [3.63, 3.8) is 0 Å². The van der Waals surface area contributed by atoms with Crippen LogP contribution < -0.4 is 10.1 Å². The predicted octanol–water partition coefficient (Wildman–Crippen LogP) is 3.00. The fourth-order valence-electron chi connectivity index (χ4n) is 2.47. The summed E-state index contributed by atoms with van der Waals surface area (Å²) in [5.41, 5.74) is 1.28. The highest BCUT2D eigenvalue weighted by atomic mass is 35.5. The summed E-state index contributed by atoms with van der Waals surface area (Å²) in [4.78, 5) is 12.6. The first-order chi connectivity index (χ1) is 12.3. The number of hydrogen-bond donors (Lipinski definition) is 1. The molecule has 0 saturated heterocycles. The van der Waals surface area contributed by atoms with Gasteiger partial charge in [-0.1, -0.05) is 23.7 Å². The van der Waals surface area contributed by atoms with Crippen molar-refractivity contribution in [2.45, 2.75) is 4.90 Å². The summed E-state index contributed by atoms with van der Waals surface area (Å²) in [6, 6.07) is 11.4. The second-order valence-electron chi connectivity index (χ2n) is 5.88. The summed E-state index contributed by atoms with van der Waals surface area (Å²) < 4.78 is 31.5. The first-order valence-corrected chi connectivity index (χ1v) is 9.56. The average molecular weight is 393 g/mol. The van der Waals surface area contributed by atoms with E-state index in [4.69, 9.17) is 16.3 Å². The molecule has 2 aromatic rings. The number of hydrogen-bond acceptors (Lipinski definition) is 4. The number of benzene rings is 2. The normalized spacial score (nSPS) is 13.6. The molecule has 6 nitrogen and oxygen atoms in total. The Kier molecular flexibility index (Phi) is 5.04. The first kappa shape index (κ1) is 18.4. The molecule has 136 valence electrons. The van der Waals surface area contributed by atoms with Crippen LogP contribution in [0.1, 0.15) is 5.56 Å². The van der Waals surface area contributed by atoms with Gasteiger partial charge in [0.2, 0.25) is 10.0 Å². The maximum atomic E-state index is 12.6. The number of sulfonamides is 1. The number of para-hydroxylation sites is 1. The fraction of sp³-hybridized carbons (Fsp3) is 0.167. The molecule has 1 N–H and O–H groups in total. The molecule has 0 atom stereocenters. The molecular weight excluding hydrogens is 376 g/mol. The monoisotopic (exact) mass is 392 g/mol. The van der Waals surface area contributed by atoms with Crippen LogP contribution in [-0.2, 0) is 14.8 Å². The summed E-state index contributed by atoms with van der Waals surface area (Å²) in [5, 5.41) is 3.20. The van der Waals surface area contributed by atoms with Gasteiger partial charge in [-0.05, 0) is 36.4 Å². The van der Waals surface area contributed by atoms with Gasteiger partial charge >= 0.3 is 0 Å². The largest absolute Gasteiger partial charge is 0.488 e. The van der Waals surface area contributed by atoms with Gasteiger partial charge in [0.1, 0.15) is 17.3 Å². The van der Waals surface area contributed by atoms with Crippen LogP contribution in [0, 0.1) is 0 Å². The molecule has 1 amide bonds. The Morgan fingerprint density at radius 3 is 2.65 bits per heavy atom. The molecule has 1 aliphatic heterocycles. The van der Waals surface area contributed by atoms with E-state index in [2.05, 4.69) is 5.32 Å². The molecule has 0 radical (unpaired) electrons. The lowest BCUT2D eigenvalue weighted by Gasteiger charge is -2.19. The smallest absolute Gasteiger partial charge is 0.255 e. The zero-order valence-electron chi connectivity index (χ0n) is 14.2. The van der Waals surface area contributed by atoms with E-state index < -0.39 is 15.9 Å². The van der Waals surface area contributed by atoms with E-state index in [1.807, 2.05) is 0 Å². The van der Waals surface area contributed by atoms with Gasteiger partial charge in [-0.15, -0.1) is 0 Å². The Morgan fingerprint density at radius 1 is 1.19 bits per heavy atom. The summed E-state index contributed by atoms with van der Waals surface area (Å²) in [5.74, 6) is 0.207. The van der Waals surface area contributed by atoms with Crippen molar-refractivity contribution in [1.82, 2.24) is 4.31 Å². The third-order valence-corrected chi connectivity index (χ3v) is 5.98. The number of nitrogens with one attached hydrogen (secondary N) is 1. The van der Waals surface area contributed by atoms with E-state index in [9.17, 15) is 13.2 Å². The van der Waals surface area contributed by atoms with Gasteiger partial charge in [-0.2, -0.15) is 0 Å². The maximum absolute atomic E-state index is 12.6. The number of ether oxygens (including phenoxy) is 1. The minimum absolute atomic E-state index is 0.0270. The molecule has 0 saturated carbocycles. The van der Waals surface area contributed by atoms with Crippen molar-refractivity contribution in [1.29, 1.82) is 0 Å². The predicted molar refractivity (Wildman–Crippen MR) is 101 cm³/mol. The van der Waals surface area contributed by atoms with Crippen molar-refractivity contribution in [2.24, 2.45) is 0 Å². The van der Waals surface area contributed by atoms with E-state index in [0.29, 0.717) is 21.9 Å². The second kappa shape index (κ2) is 7.11. The summed E-state index contributed by atoms with van der Waals surface area (Å²) in [7, 11) is -0.814. The van der Waals surface area contributed by atoms with E-state index >= 15 is 0 Å². The number of fused-ring (bicyclic) bond motifs is 1. The molecule has 0 bridgehead atoms. The Labute approximate surface area is 157 Å². The van der Waals surface area contributed by atoms with Crippen molar-refractivity contribution in [3.8, 4) is 5.75 Å². The second-order valence-corrected chi connectivity index (χ2v) is 8.43. The molecule has 8 heteroatoms. The Morgan fingerprint density at radius 2 is 1.92 bits per heavy atom. The lowest BCUT2D eigenvalue weighted by molar-refractivity contribution is -0.113. The van der Waals surface area contributed by atoms with Gasteiger partial charge in [0.05, 0.1) is 11.3 Å². The van der Waals surface area contributed by atoms with Gasteiger partial charge in [0.15, 0.2) is 0 Å². The molecule has 0 unspecified atom stereocenters. The molecule has 3 rings (SSSR count). The number of amides is 1. The van der Waals surface area contributed by atoms with Crippen LogP contribution in [0.15, 0.2) is 52.9 Å². The van der Waals surface area contributed by atoms with Crippen LogP contribution in [0.2, 0.25) is 5.02 Å². The Balaban J connectivity index is 1.91. The molecule has 0 aromatic heterocycles. The number of rotatable bonds is 4. The molecule has 1 aliphatic rings. The number of carbonyl (C=O) groups is 1. The highest BCUT2D eigenvalue weighted by molar-refractivity contribution is 7.89. The summed E-state index contributed by atoms with van der Waals surface area (Å²) in [6.07, 6.45) is 1.68. The van der Waals surface area contributed by atoms with Crippen LogP contribution >= 0.6 is 11.6 Å². The summed E-state index contributed by atoms with van der Waals surface area (Å²) >= 11 is 5.98. The summed E-state index contributed by atoms with van der Waals surface area (Å²) in [6.45, 7) is 0.0864. The highest BCUT2D eigenvalue weighted by Crippen LogP contribution is 2.30. The number of halogens is 1. The SMILES string of the molecule is CN(C)S(=O)(=O)c1ccccc1NC(=O)C1=Cc2cc(Cl)ccc2OC1. The van der Waals surface area contributed by atoms with E-state index in [1.165, 1.54) is 20.2 Å². The van der Waals surface area contributed by atoms with Crippen molar-refractivity contribution >= 4 is 39.3 Å². The molecule has 1 heterocycles. The third-order valence-electron chi connectivity index (χ3n) is 3.87. The molecule has 0 spiro atoms. The van der Waals surface area contributed by atoms with Gasteiger partial charge in [-0.3, -0.25) is 4.79 Å². The topological polar surface area (TPSA) is 75.7 Å². The zero-order chi connectivity index (χ0) is 18.9. The maximum Gasteiger partial charge on any atom is 0.255 e. The van der Waals surface area contributed by atoms with Gasteiger partial charge in [-0.25, -0.2) is 12.7 Å². The van der Waals surface area contributed by atoms with Crippen molar-refractivity contribution in [3.05, 3.63) is 58.6 Å². The average Bonchev–Trinajstić information content (AvgIpc) is 2.61. The van der Waals surface area contributed by atoms with E-state index in [0.717, 1.165) is 4.31 Å². The lowest BCUT2D eigenvalue weighted by atomic mass is 10.1. The quantitative estimate of drug-likeness (QED) is 0.867. The van der Waals surface area contributed by atoms with Gasteiger partial charge in [0.25, 0.3) is 5.91 Å². The Bertz CT molecular complexity index is 1000. The van der Waals surface area contributed by atoms with E-state index in [1.54, 1.807) is 42.5 Å². The Hall–Kier alpha value is -2.35. The van der Waals surface area contributed by atoms with Crippen LogP contribution in [0.25, 0.3) is 6.08 Å². The van der Waals surface area contributed by atoms with Crippen molar-refractivity contribution < 1.29 is 17.9 Å². The minimum Gasteiger partial charge on any atom is -0.488 e. The van der Waals surface area contributed by atoms with Gasteiger partial charge in [0, 0.05) is 24.7 Å². The third kappa shape index (κ3) is 3.60. The highest BCUT2D eigenvalue weighted by Gasteiger charge is 2.23. The van der Waals surface area contributed by atoms with Crippen LogP contribution in [0.5, 0.6) is 5.75 Å². The zero-order valence-corrected chi connectivity index (χ0v) is 15.8. The molecule has 26 heavy (non-hydrogen) atoms. The van der Waals surface area contributed by atoms with Crippen LogP contribution in [0.3, 0.4) is 0 Å². The minimum atomic E-state index is -3.69. The lowest BCUT2D eigenvalue weighted by Crippen LogP contribution is -2.26. The van der Waals surface area contributed by atoms with Crippen LogP contribution in [-0.4, -0.2) is 39.3 Å². The molecule has 0 fully saturated rings. The fourth-order valence-corrected chi connectivity index (χ4v) is 3.70. The van der Waals surface area contributed by atoms with Crippen LogP contribution in [0.4, 0.5) is 5.69 Å². The standard InChI is InChI=1S/C18H17ClN2O4S/c1-21(2)26(23,24)17-6-4-3-5-15(17)20-18(22)13-9-12-10-14(19)7-8-16(12)25-11-13/h3-10H,11H2,1-2H3,(H,20,22). The molecule has 2 aromatic carbocycles. The number of nitrogens with zero attached hydrogens (tertiary/aromatic N) is 1. The van der Waals surface area contributed by atoms with Gasteiger partial charge < -0.3 is 10.1 Å². The number of anilines is 1. The molecule has 0 aliphatic carbocycles. The number of carbonyl (C=O) groups excluding carboxylic acids is 1.